The molecule has 0 saturated carbocycles. The van der Waals surface area contributed by atoms with Gasteiger partial charge in [0.2, 0.25) is 5.78 Å². The molecule has 6 heteroatoms. The van der Waals surface area contributed by atoms with E-state index in [0.29, 0.717) is 27.8 Å². The Morgan fingerprint density at radius 1 is 1.21 bits per heavy atom. The Hall–Kier alpha value is -2.01. The lowest BCUT2D eigenvalue weighted by atomic mass is 10.1. The molecule has 2 rings (SSSR count). The molecule has 0 saturated heterocycles. The summed E-state index contributed by atoms with van der Waals surface area (Å²) in [5.74, 6) is 0.851. The van der Waals surface area contributed by atoms with Crippen molar-refractivity contribution in [1.29, 1.82) is 0 Å². The number of ketones is 1. The molecule has 0 fully saturated rings. The van der Waals surface area contributed by atoms with E-state index < -0.39 is 0 Å². The highest BCUT2D eigenvalue weighted by Gasteiger charge is 2.19. The first-order valence-electron chi connectivity index (χ1n) is 5.52. The van der Waals surface area contributed by atoms with Crippen LogP contribution in [0.3, 0.4) is 0 Å². The first-order chi connectivity index (χ1) is 9.06. The molecule has 0 aliphatic rings. The van der Waals surface area contributed by atoms with Crippen LogP contribution in [-0.4, -0.2) is 29.8 Å². The van der Waals surface area contributed by atoms with Crippen molar-refractivity contribution in [1.82, 2.24) is 9.78 Å². The zero-order valence-corrected chi connectivity index (χ0v) is 11.6. The lowest BCUT2D eigenvalue weighted by Crippen LogP contribution is -2.09. The summed E-state index contributed by atoms with van der Waals surface area (Å²) >= 11 is 5.97. The van der Waals surface area contributed by atoms with Crippen molar-refractivity contribution in [2.24, 2.45) is 7.05 Å². The maximum absolute atomic E-state index is 12.4. The van der Waals surface area contributed by atoms with Crippen molar-refractivity contribution in [3.8, 4) is 11.5 Å². The topological polar surface area (TPSA) is 53.4 Å². The molecular formula is C13H13ClN2O3. The molecular weight excluding hydrogens is 268 g/mol. The van der Waals surface area contributed by atoms with Gasteiger partial charge in [0, 0.05) is 18.7 Å². The van der Waals surface area contributed by atoms with Crippen LogP contribution in [-0.2, 0) is 7.05 Å². The Morgan fingerprint density at radius 3 is 2.21 bits per heavy atom. The number of hydrogen-bond donors (Lipinski definition) is 0. The first-order valence-corrected chi connectivity index (χ1v) is 5.90. The molecule has 0 amide bonds. The van der Waals surface area contributed by atoms with E-state index in [-0.39, 0.29) is 5.78 Å². The number of rotatable bonds is 4. The van der Waals surface area contributed by atoms with E-state index in [2.05, 4.69) is 5.10 Å². The highest BCUT2D eigenvalue weighted by atomic mass is 35.5. The Kier molecular flexibility index (Phi) is 3.76. The second kappa shape index (κ2) is 5.32. The standard InChI is InChI=1S/C13H13ClN2O3/c1-16-12(11(14)7-15-16)13(17)8-4-9(18-2)6-10(5-8)19-3/h4-7H,1-3H3. The Morgan fingerprint density at radius 2 is 1.79 bits per heavy atom. The van der Waals surface area contributed by atoms with Gasteiger partial charge >= 0.3 is 0 Å². The molecule has 0 aliphatic carbocycles. The predicted octanol–water partition coefficient (Wildman–Crippen LogP) is 2.32. The molecule has 19 heavy (non-hydrogen) atoms. The van der Waals surface area contributed by atoms with Gasteiger partial charge in [-0.2, -0.15) is 5.10 Å². The lowest BCUT2D eigenvalue weighted by molar-refractivity contribution is 0.102. The molecule has 0 N–H and O–H groups in total. The van der Waals surface area contributed by atoms with Crippen molar-refractivity contribution in [3.63, 3.8) is 0 Å². The summed E-state index contributed by atoms with van der Waals surface area (Å²) in [7, 11) is 4.72. The number of carbonyl (C=O) groups is 1. The Bertz CT molecular complexity index is 581. The molecule has 0 radical (unpaired) electrons. The summed E-state index contributed by atoms with van der Waals surface area (Å²) in [6.45, 7) is 0. The van der Waals surface area contributed by atoms with Gasteiger partial charge in [-0.25, -0.2) is 0 Å². The van der Waals surface area contributed by atoms with Crippen LogP contribution in [0.1, 0.15) is 16.1 Å². The van der Waals surface area contributed by atoms with Gasteiger partial charge in [0.25, 0.3) is 0 Å². The maximum atomic E-state index is 12.4. The van der Waals surface area contributed by atoms with Crippen LogP contribution in [0.15, 0.2) is 24.4 Å². The van der Waals surface area contributed by atoms with Gasteiger partial charge in [-0.05, 0) is 12.1 Å². The zero-order valence-electron chi connectivity index (χ0n) is 10.8. The van der Waals surface area contributed by atoms with Crippen LogP contribution in [0.4, 0.5) is 0 Å². The highest BCUT2D eigenvalue weighted by molar-refractivity contribution is 6.34. The molecule has 100 valence electrons. The molecule has 0 unspecified atom stereocenters. The van der Waals surface area contributed by atoms with Gasteiger partial charge in [-0.1, -0.05) is 11.6 Å². The summed E-state index contributed by atoms with van der Waals surface area (Å²) in [6.07, 6.45) is 1.44. The minimum absolute atomic E-state index is 0.234. The van der Waals surface area contributed by atoms with Gasteiger partial charge in [-0.15, -0.1) is 0 Å². The highest BCUT2D eigenvalue weighted by Crippen LogP contribution is 2.26. The number of hydrogen-bond acceptors (Lipinski definition) is 4. The molecule has 1 aromatic carbocycles. The molecule has 1 heterocycles. The van der Waals surface area contributed by atoms with Gasteiger partial charge in [0.05, 0.1) is 25.4 Å². The summed E-state index contributed by atoms with van der Waals surface area (Å²) in [6, 6.07) is 4.96. The van der Waals surface area contributed by atoms with Crippen molar-refractivity contribution in [2.45, 2.75) is 0 Å². The Balaban J connectivity index is 2.49. The van der Waals surface area contributed by atoms with Crippen molar-refractivity contribution in [2.75, 3.05) is 14.2 Å². The summed E-state index contributed by atoms with van der Waals surface area (Å²) in [4.78, 5) is 12.4. The number of carbonyl (C=O) groups excluding carboxylic acids is 1. The fourth-order valence-corrected chi connectivity index (χ4v) is 1.99. The molecule has 0 spiro atoms. The fraction of sp³-hybridized carbons (Fsp3) is 0.231. The van der Waals surface area contributed by atoms with E-state index in [1.54, 1.807) is 25.2 Å². The molecule has 2 aromatic rings. The van der Waals surface area contributed by atoms with Gasteiger partial charge in [0.1, 0.15) is 17.2 Å². The average Bonchev–Trinajstić information content (AvgIpc) is 2.76. The molecule has 1 aromatic heterocycles. The molecule has 0 atom stereocenters. The SMILES string of the molecule is COc1cc(OC)cc(C(=O)c2c(Cl)cnn2C)c1. The van der Waals surface area contributed by atoms with Crippen molar-refractivity contribution < 1.29 is 14.3 Å². The van der Waals surface area contributed by atoms with Gasteiger partial charge in [0.15, 0.2) is 0 Å². The third-order valence-electron chi connectivity index (χ3n) is 2.72. The molecule has 5 nitrogen and oxygen atoms in total. The largest absolute Gasteiger partial charge is 0.497 e. The number of benzene rings is 1. The maximum Gasteiger partial charge on any atom is 0.212 e. The number of aromatic nitrogens is 2. The van der Waals surface area contributed by atoms with Crippen molar-refractivity contribution in [3.05, 3.63) is 40.7 Å². The van der Waals surface area contributed by atoms with E-state index in [9.17, 15) is 4.79 Å². The quantitative estimate of drug-likeness (QED) is 0.807. The van der Waals surface area contributed by atoms with Gasteiger partial charge < -0.3 is 9.47 Å². The minimum Gasteiger partial charge on any atom is -0.497 e. The first kappa shape index (κ1) is 13.4. The number of ether oxygens (including phenoxy) is 2. The number of halogens is 1. The van der Waals surface area contributed by atoms with Crippen LogP contribution in [0.25, 0.3) is 0 Å². The third kappa shape index (κ3) is 2.56. The van der Waals surface area contributed by atoms with E-state index in [4.69, 9.17) is 21.1 Å². The third-order valence-corrected chi connectivity index (χ3v) is 3.00. The summed E-state index contributed by atoms with van der Waals surface area (Å²) < 4.78 is 11.7. The van der Waals surface area contributed by atoms with E-state index in [1.807, 2.05) is 0 Å². The zero-order chi connectivity index (χ0) is 14.0. The lowest BCUT2D eigenvalue weighted by Gasteiger charge is -2.08. The number of aryl methyl sites for hydroxylation is 1. The van der Waals surface area contributed by atoms with Crippen LogP contribution >= 0.6 is 11.6 Å². The predicted molar refractivity (Wildman–Crippen MR) is 71.2 cm³/mol. The fourth-order valence-electron chi connectivity index (χ4n) is 1.74. The second-order valence-corrected chi connectivity index (χ2v) is 4.30. The Labute approximate surface area is 115 Å². The van der Waals surface area contributed by atoms with E-state index in [1.165, 1.54) is 25.1 Å². The molecule has 0 aliphatic heterocycles. The average molecular weight is 281 g/mol. The normalized spacial score (nSPS) is 10.3. The number of nitrogens with zero attached hydrogens (tertiary/aromatic N) is 2. The van der Waals surface area contributed by atoms with Crippen molar-refractivity contribution >= 4 is 17.4 Å². The minimum atomic E-state index is -0.234. The summed E-state index contributed by atoms with van der Waals surface area (Å²) in [5, 5.41) is 4.26. The van der Waals surface area contributed by atoms with Crippen LogP contribution in [0, 0.1) is 0 Å². The van der Waals surface area contributed by atoms with E-state index in [0.717, 1.165) is 0 Å². The van der Waals surface area contributed by atoms with Crippen LogP contribution in [0.2, 0.25) is 5.02 Å². The smallest absolute Gasteiger partial charge is 0.212 e. The summed E-state index contributed by atoms with van der Waals surface area (Å²) in [5.41, 5.74) is 0.763. The monoisotopic (exact) mass is 280 g/mol. The second-order valence-electron chi connectivity index (χ2n) is 3.90. The van der Waals surface area contributed by atoms with E-state index >= 15 is 0 Å². The van der Waals surface area contributed by atoms with Crippen LogP contribution < -0.4 is 9.47 Å². The van der Waals surface area contributed by atoms with Gasteiger partial charge in [-0.3, -0.25) is 9.48 Å². The molecule has 0 bridgehead atoms. The van der Waals surface area contributed by atoms with Crippen LogP contribution in [0.5, 0.6) is 11.5 Å². The number of methoxy groups -OCH3 is 2.